The maximum absolute atomic E-state index is 12.9. The summed E-state index contributed by atoms with van der Waals surface area (Å²) >= 11 is 0. The molecule has 2 aromatic heterocycles. The van der Waals surface area contributed by atoms with Gasteiger partial charge in [0, 0.05) is 37.7 Å². The van der Waals surface area contributed by atoms with Crippen LogP contribution in [0, 0.1) is 12.8 Å². The topological polar surface area (TPSA) is 71.0 Å². The SMILES string of the molecule is Cc1nc2c(c(Nc3ccccn3)n1)CCN(C(=O)CC1CCCCC1)CC2. The lowest BCUT2D eigenvalue weighted by Crippen LogP contribution is -2.34. The van der Waals surface area contributed by atoms with Crippen molar-refractivity contribution >= 4 is 17.5 Å². The number of hydrogen-bond donors (Lipinski definition) is 1. The van der Waals surface area contributed by atoms with Gasteiger partial charge >= 0.3 is 0 Å². The lowest BCUT2D eigenvalue weighted by atomic mass is 9.86. The van der Waals surface area contributed by atoms with Crippen LogP contribution in [0.3, 0.4) is 0 Å². The molecule has 6 heteroatoms. The number of aryl methyl sites for hydroxylation is 1. The summed E-state index contributed by atoms with van der Waals surface area (Å²) in [5.74, 6) is 3.23. The second kappa shape index (κ2) is 8.67. The molecule has 1 aliphatic heterocycles. The Kier molecular flexibility index (Phi) is 5.84. The summed E-state index contributed by atoms with van der Waals surface area (Å²) < 4.78 is 0. The molecule has 2 aliphatic rings. The minimum Gasteiger partial charge on any atom is -0.342 e. The first-order valence-corrected chi connectivity index (χ1v) is 10.5. The van der Waals surface area contributed by atoms with E-state index in [2.05, 4.69) is 20.3 Å². The van der Waals surface area contributed by atoms with E-state index in [0.29, 0.717) is 18.2 Å². The number of carbonyl (C=O) groups excluding carboxylic acids is 1. The molecule has 0 unspecified atom stereocenters. The first-order chi connectivity index (χ1) is 13.7. The van der Waals surface area contributed by atoms with Crippen LogP contribution in [0.25, 0.3) is 0 Å². The number of aromatic nitrogens is 3. The number of nitrogens with one attached hydrogen (secondary N) is 1. The summed E-state index contributed by atoms with van der Waals surface area (Å²) in [6, 6.07) is 5.78. The normalized spacial score (nSPS) is 17.7. The fraction of sp³-hybridized carbons (Fsp3) is 0.545. The molecule has 0 radical (unpaired) electrons. The Labute approximate surface area is 166 Å². The van der Waals surface area contributed by atoms with Crippen LogP contribution < -0.4 is 5.32 Å². The largest absolute Gasteiger partial charge is 0.342 e. The van der Waals surface area contributed by atoms with E-state index in [-0.39, 0.29) is 0 Å². The zero-order valence-electron chi connectivity index (χ0n) is 16.7. The van der Waals surface area contributed by atoms with E-state index in [1.165, 1.54) is 32.1 Å². The second-order valence-electron chi connectivity index (χ2n) is 7.97. The van der Waals surface area contributed by atoms with E-state index >= 15 is 0 Å². The molecule has 6 nitrogen and oxygen atoms in total. The first-order valence-electron chi connectivity index (χ1n) is 10.5. The average Bonchev–Trinajstić information content (AvgIpc) is 2.92. The summed E-state index contributed by atoms with van der Waals surface area (Å²) in [5, 5.41) is 3.34. The first kappa shape index (κ1) is 18.8. The Morgan fingerprint density at radius 1 is 1.14 bits per heavy atom. The molecule has 1 aliphatic carbocycles. The van der Waals surface area contributed by atoms with Gasteiger partial charge in [-0.3, -0.25) is 4.79 Å². The lowest BCUT2D eigenvalue weighted by Gasteiger charge is -2.25. The fourth-order valence-corrected chi connectivity index (χ4v) is 4.40. The van der Waals surface area contributed by atoms with Gasteiger partial charge in [0.05, 0.1) is 5.69 Å². The van der Waals surface area contributed by atoms with Crippen LogP contribution in [0.1, 0.15) is 55.6 Å². The van der Waals surface area contributed by atoms with Crippen LogP contribution in [-0.4, -0.2) is 38.8 Å². The molecule has 1 saturated carbocycles. The monoisotopic (exact) mass is 379 g/mol. The molecule has 0 bridgehead atoms. The number of pyridine rings is 1. The van der Waals surface area contributed by atoms with E-state index in [1.54, 1.807) is 6.20 Å². The molecule has 28 heavy (non-hydrogen) atoms. The minimum absolute atomic E-state index is 0.309. The zero-order valence-corrected chi connectivity index (χ0v) is 16.7. The molecule has 2 aromatic rings. The number of rotatable bonds is 4. The molecule has 1 amide bonds. The molecule has 4 rings (SSSR count). The maximum atomic E-state index is 12.9. The van der Waals surface area contributed by atoms with Gasteiger partial charge in [-0.05, 0) is 44.2 Å². The number of hydrogen-bond acceptors (Lipinski definition) is 5. The van der Waals surface area contributed by atoms with Gasteiger partial charge in [-0.2, -0.15) is 0 Å². The number of fused-ring (bicyclic) bond motifs is 1. The molecule has 148 valence electrons. The van der Waals surface area contributed by atoms with E-state index < -0.39 is 0 Å². The molecule has 0 aromatic carbocycles. The fourth-order valence-electron chi connectivity index (χ4n) is 4.40. The highest BCUT2D eigenvalue weighted by atomic mass is 16.2. The van der Waals surface area contributed by atoms with Gasteiger partial charge in [-0.15, -0.1) is 0 Å². The number of anilines is 2. The standard InChI is InChI=1S/C22H29N5O/c1-16-24-19-11-14-27(21(28)15-17-7-3-2-4-8-17)13-10-18(19)22(25-16)26-20-9-5-6-12-23-20/h5-6,9,12,17H,2-4,7-8,10-11,13-15H2,1H3,(H,23,24,25,26). The van der Waals surface area contributed by atoms with Crippen LogP contribution in [0.15, 0.2) is 24.4 Å². The Morgan fingerprint density at radius 2 is 1.96 bits per heavy atom. The number of nitrogens with zero attached hydrogens (tertiary/aromatic N) is 4. The third kappa shape index (κ3) is 4.49. The van der Waals surface area contributed by atoms with Crippen molar-refractivity contribution in [2.75, 3.05) is 18.4 Å². The zero-order chi connectivity index (χ0) is 19.3. The molecule has 0 saturated heterocycles. The highest BCUT2D eigenvalue weighted by Crippen LogP contribution is 2.28. The Bertz CT molecular complexity index is 817. The molecule has 1 N–H and O–H groups in total. The van der Waals surface area contributed by atoms with E-state index in [0.717, 1.165) is 54.6 Å². The van der Waals surface area contributed by atoms with Crippen molar-refractivity contribution in [3.63, 3.8) is 0 Å². The maximum Gasteiger partial charge on any atom is 0.222 e. The van der Waals surface area contributed by atoms with Crippen LogP contribution in [-0.2, 0) is 17.6 Å². The van der Waals surface area contributed by atoms with Crippen molar-refractivity contribution < 1.29 is 4.79 Å². The Balaban J connectivity index is 1.47. The quantitative estimate of drug-likeness (QED) is 0.874. The average molecular weight is 380 g/mol. The molecular formula is C22H29N5O. The van der Waals surface area contributed by atoms with E-state index in [1.807, 2.05) is 30.0 Å². The van der Waals surface area contributed by atoms with Crippen molar-refractivity contribution in [3.8, 4) is 0 Å². The summed E-state index contributed by atoms with van der Waals surface area (Å²) in [7, 11) is 0. The molecule has 3 heterocycles. The van der Waals surface area contributed by atoms with Crippen molar-refractivity contribution in [3.05, 3.63) is 41.5 Å². The Morgan fingerprint density at radius 3 is 2.75 bits per heavy atom. The summed E-state index contributed by atoms with van der Waals surface area (Å²) in [5.41, 5.74) is 2.17. The molecule has 1 fully saturated rings. The highest BCUT2D eigenvalue weighted by Gasteiger charge is 2.25. The van der Waals surface area contributed by atoms with Gasteiger partial charge in [-0.25, -0.2) is 15.0 Å². The van der Waals surface area contributed by atoms with Crippen molar-refractivity contribution in [1.29, 1.82) is 0 Å². The highest BCUT2D eigenvalue weighted by molar-refractivity contribution is 5.76. The lowest BCUT2D eigenvalue weighted by molar-refractivity contribution is -0.132. The third-order valence-corrected chi connectivity index (χ3v) is 5.91. The predicted octanol–water partition coefficient (Wildman–Crippen LogP) is 3.82. The Hall–Kier alpha value is -2.50. The smallest absolute Gasteiger partial charge is 0.222 e. The number of amides is 1. The summed E-state index contributed by atoms with van der Waals surface area (Å²) in [6.45, 7) is 3.40. The van der Waals surface area contributed by atoms with Crippen LogP contribution in [0.2, 0.25) is 0 Å². The van der Waals surface area contributed by atoms with Gasteiger partial charge in [0.1, 0.15) is 17.5 Å². The predicted molar refractivity (Wildman–Crippen MR) is 109 cm³/mol. The number of carbonyl (C=O) groups is 1. The van der Waals surface area contributed by atoms with E-state index in [4.69, 9.17) is 0 Å². The van der Waals surface area contributed by atoms with Crippen molar-refractivity contribution in [1.82, 2.24) is 19.9 Å². The van der Waals surface area contributed by atoms with Crippen molar-refractivity contribution in [2.45, 2.75) is 58.3 Å². The van der Waals surface area contributed by atoms with Gasteiger partial charge in [0.25, 0.3) is 0 Å². The van der Waals surface area contributed by atoms with Crippen LogP contribution >= 0.6 is 0 Å². The van der Waals surface area contributed by atoms with Gasteiger partial charge in [0.2, 0.25) is 5.91 Å². The van der Waals surface area contributed by atoms with Gasteiger partial charge in [-0.1, -0.05) is 25.3 Å². The summed E-state index contributed by atoms with van der Waals surface area (Å²) in [4.78, 5) is 28.6. The van der Waals surface area contributed by atoms with Crippen LogP contribution in [0.4, 0.5) is 11.6 Å². The van der Waals surface area contributed by atoms with Crippen molar-refractivity contribution in [2.24, 2.45) is 5.92 Å². The van der Waals surface area contributed by atoms with Gasteiger partial charge < -0.3 is 10.2 Å². The van der Waals surface area contributed by atoms with Gasteiger partial charge in [0.15, 0.2) is 0 Å². The van der Waals surface area contributed by atoms with Crippen LogP contribution in [0.5, 0.6) is 0 Å². The molecule has 0 spiro atoms. The molecule has 0 atom stereocenters. The third-order valence-electron chi connectivity index (χ3n) is 5.91. The molecular weight excluding hydrogens is 350 g/mol. The minimum atomic E-state index is 0.309. The summed E-state index contributed by atoms with van der Waals surface area (Å²) in [6.07, 6.45) is 10.3. The van der Waals surface area contributed by atoms with E-state index in [9.17, 15) is 4.79 Å². The second-order valence-corrected chi connectivity index (χ2v) is 7.97.